The van der Waals surface area contributed by atoms with Crippen LogP contribution in [0.15, 0.2) is 36.9 Å². The number of carbonyl (C=O) groups excluding carboxylic acids is 7. The van der Waals surface area contributed by atoms with E-state index in [1.165, 1.54) is 15.9 Å². The summed E-state index contributed by atoms with van der Waals surface area (Å²) < 4.78 is 0. The van der Waals surface area contributed by atoms with Crippen LogP contribution in [0.2, 0.25) is 0 Å². The fourth-order valence-electron chi connectivity index (χ4n) is 6.77. The first kappa shape index (κ1) is 41.9. The minimum atomic E-state index is -1.07. The van der Waals surface area contributed by atoms with Crippen LogP contribution in [-0.2, 0) is 30.4 Å². The summed E-state index contributed by atoms with van der Waals surface area (Å²) in [5.74, 6) is -3.60. The molecule has 1 aromatic carbocycles. The average Bonchev–Trinajstić information content (AvgIpc) is 3.51. The molecule has 0 spiro atoms. The van der Waals surface area contributed by atoms with Crippen molar-refractivity contribution >= 4 is 41.4 Å². The Labute approximate surface area is 308 Å². The van der Waals surface area contributed by atoms with E-state index in [1.807, 2.05) is 62.3 Å². The number of urea groups is 1. The zero-order valence-electron chi connectivity index (χ0n) is 32.3. The molecule has 0 aromatic heterocycles. The lowest BCUT2D eigenvalue weighted by Crippen LogP contribution is -2.62. The molecule has 13 heteroatoms. The topological polar surface area (TPSA) is 174 Å². The number of Topliss-reactive ketones (excluding diaryl/α,β-unsaturated/α-hetero) is 1. The number of ketones is 1. The maximum absolute atomic E-state index is 14.5. The number of imide groups is 1. The molecule has 0 radical (unpaired) electrons. The van der Waals surface area contributed by atoms with Crippen molar-refractivity contribution in [2.24, 2.45) is 22.7 Å². The molecule has 0 saturated carbocycles. The molecule has 52 heavy (non-hydrogen) atoms. The lowest BCUT2D eigenvalue weighted by Gasteiger charge is -2.39. The molecule has 13 nitrogen and oxygen atoms in total. The first-order valence-electron chi connectivity index (χ1n) is 18.3. The van der Waals surface area contributed by atoms with Crippen LogP contribution in [0.25, 0.3) is 0 Å². The van der Waals surface area contributed by atoms with Crippen molar-refractivity contribution in [1.82, 2.24) is 31.1 Å². The summed E-state index contributed by atoms with van der Waals surface area (Å²) in [4.78, 5) is 96.8. The minimum Gasteiger partial charge on any atom is -0.346 e. The van der Waals surface area contributed by atoms with Gasteiger partial charge >= 0.3 is 6.03 Å². The first-order chi connectivity index (χ1) is 24.2. The van der Waals surface area contributed by atoms with E-state index >= 15 is 0 Å². The maximum atomic E-state index is 14.5. The van der Waals surface area contributed by atoms with Gasteiger partial charge < -0.3 is 26.2 Å². The van der Waals surface area contributed by atoms with E-state index in [1.54, 1.807) is 24.3 Å². The Bertz CT molecular complexity index is 1540. The van der Waals surface area contributed by atoms with Gasteiger partial charge in [-0.05, 0) is 47.1 Å². The molecule has 1 unspecified atom stereocenters. The third-order valence-corrected chi connectivity index (χ3v) is 9.93. The molecule has 1 fully saturated rings. The molecule has 7 amide bonds. The van der Waals surface area contributed by atoms with E-state index in [0.717, 1.165) is 0 Å². The quantitative estimate of drug-likeness (QED) is 0.129. The second-order valence-electron chi connectivity index (χ2n) is 16.4. The van der Waals surface area contributed by atoms with Gasteiger partial charge in [-0.3, -0.25) is 33.7 Å². The monoisotopic (exact) mass is 722 g/mol. The number of hydrogen-bond acceptors (Lipinski definition) is 7. The van der Waals surface area contributed by atoms with E-state index in [0.29, 0.717) is 24.0 Å². The summed E-state index contributed by atoms with van der Waals surface area (Å²) in [5.41, 5.74) is -0.278. The highest BCUT2D eigenvalue weighted by Gasteiger charge is 2.48. The predicted molar refractivity (Wildman–Crippen MR) is 198 cm³/mol. The molecule has 1 saturated heterocycles. The molecule has 2 heterocycles. The minimum absolute atomic E-state index is 0.00817. The van der Waals surface area contributed by atoms with Gasteiger partial charge in [-0.1, -0.05) is 93.0 Å². The number of fused-ring (bicyclic) bond motifs is 1. The fraction of sp³-hybridized carbons (Fsp3) is 0.615. The molecule has 286 valence electrons. The van der Waals surface area contributed by atoms with Gasteiger partial charge in [0.15, 0.2) is 0 Å². The number of rotatable bonds is 14. The van der Waals surface area contributed by atoms with Gasteiger partial charge in [0.2, 0.25) is 23.5 Å². The van der Waals surface area contributed by atoms with Crippen molar-refractivity contribution in [1.29, 1.82) is 0 Å². The van der Waals surface area contributed by atoms with Crippen molar-refractivity contribution in [3.05, 3.63) is 48.0 Å². The standard InChI is InChI=1S/C39H58N6O7/c1-11-15-27(31(47)34(49)40-19-12-2)41-33(48)30-25(23(3)4)18-20-44(30)36(51)32(39(8,9)10)43-37(52)42-28(38(5,6)7)22-45-29(46)21-24-16-13-14-17-26(24)35(45)50/h12-14,16-17,23,25,27-28,30,32H,2,11,15,18-22H2,1,3-10H3,(H,40,49)(H,41,48)(H2,42,43,52)/t25-,27?,28-,30+,32-/m1/s1. The van der Waals surface area contributed by atoms with E-state index in [2.05, 4.69) is 27.8 Å². The largest absolute Gasteiger partial charge is 0.346 e. The number of amides is 7. The van der Waals surface area contributed by atoms with Crippen LogP contribution in [0.5, 0.6) is 0 Å². The summed E-state index contributed by atoms with van der Waals surface area (Å²) in [6.45, 7) is 20.7. The molecule has 0 aliphatic carbocycles. The molecule has 5 atom stereocenters. The summed E-state index contributed by atoms with van der Waals surface area (Å²) in [6, 6.07) is 2.54. The Morgan fingerprint density at radius 2 is 1.62 bits per heavy atom. The summed E-state index contributed by atoms with van der Waals surface area (Å²) in [5, 5.41) is 11.0. The van der Waals surface area contributed by atoms with Gasteiger partial charge in [0.05, 0.1) is 18.5 Å². The van der Waals surface area contributed by atoms with Gasteiger partial charge in [-0.25, -0.2) is 4.79 Å². The van der Waals surface area contributed by atoms with Crippen LogP contribution < -0.4 is 21.3 Å². The molecule has 1 aromatic rings. The summed E-state index contributed by atoms with van der Waals surface area (Å²) in [7, 11) is 0. The number of likely N-dealkylation sites (tertiary alicyclic amines) is 1. The van der Waals surface area contributed by atoms with Gasteiger partial charge in [0.25, 0.3) is 11.8 Å². The van der Waals surface area contributed by atoms with Crippen molar-refractivity contribution in [2.75, 3.05) is 19.6 Å². The summed E-state index contributed by atoms with van der Waals surface area (Å²) in [6.07, 6.45) is 2.82. The van der Waals surface area contributed by atoms with Gasteiger partial charge in [0, 0.05) is 25.2 Å². The highest BCUT2D eigenvalue weighted by Crippen LogP contribution is 2.34. The van der Waals surface area contributed by atoms with E-state index in [4.69, 9.17) is 0 Å². The van der Waals surface area contributed by atoms with Crippen molar-refractivity contribution in [3.8, 4) is 0 Å². The number of carbonyl (C=O) groups is 7. The average molecular weight is 723 g/mol. The first-order valence-corrected chi connectivity index (χ1v) is 18.3. The Hall–Kier alpha value is -4.55. The predicted octanol–water partition coefficient (Wildman–Crippen LogP) is 3.37. The Morgan fingerprint density at radius 3 is 2.19 bits per heavy atom. The zero-order chi connectivity index (χ0) is 39.1. The van der Waals surface area contributed by atoms with Gasteiger partial charge in [-0.15, -0.1) is 6.58 Å². The Kier molecular flexibility index (Phi) is 13.9. The van der Waals surface area contributed by atoms with Crippen molar-refractivity contribution in [2.45, 2.75) is 112 Å². The lowest BCUT2D eigenvalue weighted by atomic mass is 9.84. The van der Waals surface area contributed by atoms with Crippen molar-refractivity contribution in [3.63, 3.8) is 0 Å². The van der Waals surface area contributed by atoms with Crippen LogP contribution in [0.1, 0.15) is 97.5 Å². The normalized spacial score (nSPS) is 19.3. The molecule has 2 aliphatic rings. The molecule has 4 N–H and O–H groups in total. The second-order valence-corrected chi connectivity index (χ2v) is 16.4. The Morgan fingerprint density at radius 1 is 0.962 bits per heavy atom. The molecular weight excluding hydrogens is 664 g/mol. The highest BCUT2D eigenvalue weighted by molar-refractivity contribution is 6.38. The highest BCUT2D eigenvalue weighted by atomic mass is 16.2. The molecule has 2 aliphatic heterocycles. The van der Waals surface area contributed by atoms with Crippen LogP contribution in [0.4, 0.5) is 4.79 Å². The number of nitrogens with zero attached hydrogens (tertiary/aromatic N) is 2. The smallest absolute Gasteiger partial charge is 0.315 e. The third kappa shape index (κ3) is 10.1. The second kappa shape index (κ2) is 17.3. The number of hydrogen-bond donors (Lipinski definition) is 4. The number of nitrogens with one attached hydrogen (secondary N) is 4. The van der Waals surface area contributed by atoms with Gasteiger partial charge in [0.1, 0.15) is 12.1 Å². The zero-order valence-corrected chi connectivity index (χ0v) is 32.3. The molecular formula is C39H58N6O7. The molecule has 3 rings (SSSR count). The van der Waals surface area contributed by atoms with Crippen LogP contribution in [0, 0.1) is 22.7 Å². The number of benzene rings is 1. The van der Waals surface area contributed by atoms with Crippen LogP contribution >= 0.6 is 0 Å². The fourth-order valence-corrected chi connectivity index (χ4v) is 6.77. The Balaban J connectivity index is 1.84. The third-order valence-electron chi connectivity index (χ3n) is 9.93. The maximum Gasteiger partial charge on any atom is 0.315 e. The van der Waals surface area contributed by atoms with E-state index in [-0.39, 0.29) is 50.2 Å². The van der Waals surface area contributed by atoms with Crippen molar-refractivity contribution < 1.29 is 33.6 Å². The lowest BCUT2D eigenvalue weighted by molar-refractivity contribution is -0.144. The molecule has 0 bridgehead atoms. The SMILES string of the molecule is C=CCNC(=O)C(=O)C(CCC)NC(=O)[C@@H]1[C@@H](C(C)C)CCN1C(=O)[C@@H](NC(=O)N[C@H](CN1C(=O)Cc2ccccc2C1=O)C(C)(C)C)C(C)(C)C. The van der Waals surface area contributed by atoms with Crippen LogP contribution in [0.3, 0.4) is 0 Å². The van der Waals surface area contributed by atoms with Crippen LogP contribution in [-0.4, -0.2) is 95.0 Å². The van der Waals surface area contributed by atoms with E-state index in [9.17, 15) is 33.6 Å². The van der Waals surface area contributed by atoms with E-state index < -0.39 is 70.4 Å². The van der Waals surface area contributed by atoms with Gasteiger partial charge in [-0.2, -0.15) is 0 Å². The summed E-state index contributed by atoms with van der Waals surface area (Å²) >= 11 is 0.